The van der Waals surface area contributed by atoms with Gasteiger partial charge in [-0.15, -0.1) is 11.3 Å². The fraction of sp³-hybridized carbons (Fsp3) is 0.500. The Bertz CT molecular complexity index is 752. The van der Waals surface area contributed by atoms with Gasteiger partial charge in [0.15, 0.2) is 11.1 Å². The standard InChI is InChI=1S/C20H30N6S/c1-15-7-9-18(10-8-15)26-11-5-6-16(13-26)23-19(21-2)22-12-17-14-27-20(24-17)25(3)4/h7-10,14,16H,5-6,11-13H2,1-4H3,(H2,21,22,23). The number of anilines is 2. The van der Waals surface area contributed by atoms with E-state index in [0.29, 0.717) is 12.6 Å². The van der Waals surface area contributed by atoms with Crippen molar-refractivity contribution >= 4 is 28.1 Å². The van der Waals surface area contributed by atoms with Crippen molar-refractivity contribution in [2.75, 3.05) is 44.0 Å². The molecule has 0 radical (unpaired) electrons. The summed E-state index contributed by atoms with van der Waals surface area (Å²) < 4.78 is 0. The Hall–Kier alpha value is -2.28. The summed E-state index contributed by atoms with van der Waals surface area (Å²) in [6.45, 7) is 4.91. The summed E-state index contributed by atoms with van der Waals surface area (Å²) in [5, 5.41) is 10.1. The number of aromatic nitrogens is 1. The van der Waals surface area contributed by atoms with Gasteiger partial charge in [-0.1, -0.05) is 17.7 Å². The minimum absolute atomic E-state index is 0.388. The number of piperidine rings is 1. The van der Waals surface area contributed by atoms with E-state index in [2.05, 4.69) is 62.1 Å². The zero-order valence-electron chi connectivity index (χ0n) is 16.7. The van der Waals surface area contributed by atoms with Gasteiger partial charge in [-0.05, 0) is 31.9 Å². The molecule has 2 heterocycles. The molecule has 1 unspecified atom stereocenters. The van der Waals surface area contributed by atoms with E-state index in [1.54, 1.807) is 11.3 Å². The van der Waals surface area contributed by atoms with Gasteiger partial charge < -0.3 is 20.4 Å². The lowest BCUT2D eigenvalue weighted by atomic mass is 10.0. The molecular formula is C20H30N6S. The summed E-state index contributed by atoms with van der Waals surface area (Å²) in [7, 11) is 5.85. The Kier molecular flexibility index (Phi) is 6.55. The molecule has 1 fully saturated rings. The average Bonchev–Trinajstić information content (AvgIpc) is 3.15. The molecule has 2 aromatic rings. The fourth-order valence-corrected chi connectivity index (χ4v) is 3.99. The smallest absolute Gasteiger partial charge is 0.191 e. The van der Waals surface area contributed by atoms with Gasteiger partial charge in [0.05, 0.1) is 12.2 Å². The minimum Gasteiger partial charge on any atom is -0.369 e. The zero-order chi connectivity index (χ0) is 19.2. The third kappa shape index (κ3) is 5.35. The van der Waals surface area contributed by atoms with Crippen LogP contribution in [0, 0.1) is 6.92 Å². The van der Waals surface area contributed by atoms with Crippen LogP contribution in [0.5, 0.6) is 0 Å². The predicted molar refractivity (Wildman–Crippen MR) is 116 cm³/mol. The molecule has 1 aliphatic rings. The van der Waals surface area contributed by atoms with Crippen molar-refractivity contribution in [3.63, 3.8) is 0 Å². The van der Waals surface area contributed by atoms with E-state index >= 15 is 0 Å². The number of aliphatic imine (C=N–C) groups is 1. The molecule has 146 valence electrons. The number of aryl methyl sites for hydroxylation is 1. The second-order valence-electron chi connectivity index (χ2n) is 7.21. The molecule has 1 aromatic heterocycles. The third-order valence-corrected chi connectivity index (χ3v) is 5.80. The van der Waals surface area contributed by atoms with E-state index in [-0.39, 0.29) is 0 Å². The maximum Gasteiger partial charge on any atom is 0.191 e. The zero-order valence-corrected chi connectivity index (χ0v) is 17.5. The van der Waals surface area contributed by atoms with Crippen LogP contribution >= 0.6 is 11.3 Å². The summed E-state index contributed by atoms with van der Waals surface area (Å²) in [5.74, 6) is 0.838. The molecule has 6 nitrogen and oxygen atoms in total. The van der Waals surface area contributed by atoms with E-state index in [1.165, 1.54) is 17.7 Å². The van der Waals surface area contributed by atoms with Crippen molar-refractivity contribution in [3.05, 3.63) is 40.9 Å². The lowest BCUT2D eigenvalue weighted by Gasteiger charge is -2.35. The highest BCUT2D eigenvalue weighted by molar-refractivity contribution is 7.13. The maximum atomic E-state index is 4.61. The Labute approximate surface area is 166 Å². The molecule has 1 aliphatic heterocycles. The van der Waals surface area contributed by atoms with E-state index in [9.17, 15) is 0 Å². The summed E-state index contributed by atoms with van der Waals surface area (Å²) in [6.07, 6.45) is 2.34. The molecule has 1 saturated heterocycles. The average molecular weight is 387 g/mol. The lowest BCUT2D eigenvalue weighted by molar-refractivity contribution is 0.468. The molecule has 0 spiro atoms. The van der Waals surface area contributed by atoms with Crippen molar-refractivity contribution in [2.45, 2.75) is 32.4 Å². The summed E-state index contributed by atoms with van der Waals surface area (Å²) in [5.41, 5.74) is 3.64. The van der Waals surface area contributed by atoms with Gasteiger partial charge in [-0.25, -0.2) is 4.98 Å². The number of hydrogen-bond acceptors (Lipinski definition) is 5. The van der Waals surface area contributed by atoms with Crippen molar-refractivity contribution < 1.29 is 0 Å². The van der Waals surface area contributed by atoms with Crippen LogP contribution in [0.1, 0.15) is 24.1 Å². The van der Waals surface area contributed by atoms with Crippen LogP contribution in [0.4, 0.5) is 10.8 Å². The van der Waals surface area contributed by atoms with Crippen LogP contribution in [-0.2, 0) is 6.54 Å². The fourth-order valence-electron chi connectivity index (χ4n) is 3.23. The molecule has 0 amide bonds. The Balaban J connectivity index is 1.53. The number of nitrogens with one attached hydrogen (secondary N) is 2. The van der Waals surface area contributed by atoms with Crippen LogP contribution < -0.4 is 20.4 Å². The summed E-state index contributed by atoms with van der Waals surface area (Å²) in [6, 6.07) is 9.19. The molecule has 2 N–H and O–H groups in total. The molecule has 7 heteroatoms. The first kappa shape index (κ1) is 19.5. The van der Waals surface area contributed by atoms with E-state index in [4.69, 9.17) is 0 Å². The lowest BCUT2D eigenvalue weighted by Crippen LogP contribution is -2.51. The highest BCUT2D eigenvalue weighted by Gasteiger charge is 2.21. The normalized spacial score (nSPS) is 17.7. The first-order valence-electron chi connectivity index (χ1n) is 9.45. The van der Waals surface area contributed by atoms with Crippen LogP contribution in [0.3, 0.4) is 0 Å². The Morgan fingerprint density at radius 2 is 2.11 bits per heavy atom. The molecule has 0 bridgehead atoms. The minimum atomic E-state index is 0.388. The van der Waals surface area contributed by atoms with Gasteiger partial charge in [0, 0.05) is 51.3 Å². The van der Waals surface area contributed by atoms with Crippen molar-refractivity contribution in [2.24, 2.45) is 4.99 Å². The largest absolute Gasteiger partial charge is 0.369 e. The van der Waals surface area contributed by atoms with Crippen molar-refractivity contribution in [3.8, 4) is 0 Å². The van der Waals surface area contributed by atoms with Gasteiger partial charge in [0.2, 0.25) is 0 Å². The Morgan fingerprint density at radius 1 is 1.33 bits per heavy atom. The van der Waals surface area contributed by atoms with Gasteiger partial charge in [0.25, 0.3) is 0 Å². The van der Waals surface area contributed by atoms with Crippen LogP contribution in [0.2, 0.25) is 0 Å². The quantitative estimate of drug-likeness (QED) is 0.611. The Morgan fingerprint density at radius 3 is 2.78 bits per heavy atom. The maximum absolute atomic E-state index is 4.61. The number of nitrogens with zero attached hydrogens (tertiary/aromatic N) is 4. The predicted octanol–water partition coefficient (Wildman–Crippen LogP) is 2.85. The van der Waals surface area contributed by atoms with Crippen molar-refractivity contribution in [1.29, 1.82) is 0 Å². The summed E-state index contributed by atoms with van der Waals surface area (Å²) >= 11 is 1.66. The number of benzene rings is 1. The van der Waals surface area contributed by atoms with Gasteiger partial charge >= 0.3 is 0 Å². The molecule has 0 aliphatic carbocycles. The van der Waals surface area contributed by atoms with Gasteiger partial charge in [-0.2, -0.15) is 0 Å². The highest BCUT2D eigenvalue weighted by atomic mass is 32.1. The molecule has 0 saturated carbocycles. The summed E-state index contributed by atoms with van der Waals surface area (Å²) in [4.78, 5) is 13.5. The molecule has 27 heavy (non-hydrogen) atoms. The highest BCUT2D eigenvalue weighted by Crippen LogP contribution is 2.20. The monoisotopic (exact) mass is 386 g/mol. The SMILES string of the molecule is CN=C(NCc1csc(N(C)C)n1)NC1CCCN(c2ccc(C)cc2)C1. The van der Waals surface area contributed by atoms with Crippen LogP contribution in [0.15, 0.2) is 34.6 Å². The topological polar surface area (TPSA) is 55.8 Å². The van der Waals surface area contributed by atoms with Crippen LogP contribution in [0.25, 0.3) is 0 Å². The van der Waals surface area contributed by atoms with Crippen LogP contribution in [-0.4, -0.2) is 51.2 Å². The van der Waals surface area contributed by atoms with Crippen molar-refractivity contribution in [1.82, 2.24) is 15.6 Å². The molecule has 1 aromatic carbocycles. The molecular weight excluding hydrogens is 356 g/mol. The first-order valence-corrected chi connectivity index (χ1v) is 10.3. The number of rotatable bonds is 5. The van der Waals surface area contributed by atoms with E-state index in [0.717, 1.165) is 36.3 Å². The molecule has 1 atom stereocenters. The van der Waals surface area contributed by atoms with E-state index in [1.807, 2.05) is 26.0 Å². The molecule has 3 rings (SSSR count). The second-order valence-corrected chi connectivity index (χ2v) is 8.04. The number of thiazole rings is 1. The van der Waals surface area contributed by atoms with Gasteiger partial charge in [0.1, 0.15) is 0 Å². The first-order chi connectivity index (χ1) is 13.0. The van der Waals surface area contributed by atoms with Gasteiger partial charge in [-0.3, -0.25) is 4.99 Å². The van der Waals surface area contributed by atoms with E-state index < -0.39 is 0 Å². The second kappa shape index (κ2) is 9.08. The third-order valence-electron chi connectivity index (χ3n) is 4.74. The number of hydrogen-bond donors (Lipinski definition) is 2. The number of guanidine groups is 1.